The normalized spacial score (nSPS) is 18.9. The van der Waals surface area contributed by atoms with Crippen molar-refractivity contribution in [2.75, 3.05) is 62.2 Å². The topological polar surface area (TPSA) is 62.0 Å². The molecule has 1 atom stereocenters. The zero-order valence-electron chi connectivity index (χ0n) is 19.4. The summed E-state index contributed by atoms with van der Waals surface area (Å²) in [6, 6.07) is 14.8. The molecule has 0 spiro atoms. The van der Waals surface area contributed by atoms with Gasteiger partial charge in [-0.05, 0) is 74.2 Å². The van der Waals surface area contributed by atoms with Crippen LogP contribution in [-0.4, -0.2) is 63.2 Å². The molecule has 2 aromatic carbocycles. The van der Waals surface area contributed by atoms with E-state index in [1.807, 2.05) is 18.2 Å². The van der Waals surface area contributed by atoms with E-state index in [-0.39, 0.29) is 12.0 Å². The lowest BCUT2D eigenvalue weighted by Gasteiger charge is -2.37. The second kappa shape index (κ2) is 10.4. The number of ether oxygens (including phenoxy) is 1. The average molecular weight is 437 g/mol. The van der Waals surface area contributed by atoms with Crippen LogP contribution in [-0.2, 0) is 11.2 Å². The van der Waals surface area contributed by atoms with Crippen molar-refractivity contribution < 1.29 is 9.53 Å². The number of fused-ring (bicyclic) bond motifs is 1. The maximum Gasteiger partial charge on any atom is 0.248 e. The molecule has 1 saturated heterocycles. The largest absolute Gasteiger partial charge is 0.373 e. The first-order valence-electron chi connectivity index (χ1n) is 12.0. The molecule has 6 nitrogen and oxygen atoms in total. The van der Waals surface area contributed by atoms with E-state index in [1.54, 1.807) is 0 Å². The molecule has 6 heteroatoms. The van der Waals surface area contributed by atoms with E-state index in [2.05, 4.69) is 52.8 Å². The molecule has 0 aliphatic carbocycles. The minimum absolute atomic E-state index is 0.103. The van der Waals surface area contributed by atoms with Gasteiger partial charge in [0.2, 0.25) is 5.91 Å². The number of carbonyl (C=O) groups is 1. The van der Waals surface area contributed by atoms with Crippen LogP contribution in [0, 0.1) is 0 Å². The molecule has 0 bridgehead atoms. The van der Waals surface area contributed by atoms with Crippen LogP contribution >= 0.6 is 0 Å². The van der Waals surface area contributed by atoms with E-state index in [0.29, 0.717) is 12.2 Å². The highest BCUT2D eigenvalue weighted by Gasteiger charge is 2.24. The fraction of sp³-hybridized carbons (Fsp3) is 0.500. The highest BCUT2D eigenvalue weighted by atomic mass is 16.5. The van der Waals surface area contributed by atoms with Gasteiger partial charge in [0.15, 0.2) is 0 Å². The highest BCUT2D eigenvalue weighted by molar-refractivity contribution is 5.93. The molecule has 1 fully saturated rings. The van der Waals surface area contributed by atoms with Gasteiger partial charge in [-0.15, -0.1) is 0 Å². The first-order valence-corrected chi connectivity index (χ1v) is 12.0. The summed E-state index contributed by atoms with van der Waals surface area (Å²) >= 11 is 0. The van der Waals surface area contributed by atoms with Crippen LogP contribution in [0.15, 0.2) is 42.5 Å². The number of benzene rings is 2. The maximum absolute atomic E-state index is 11.5. The first kappa shape index (κ1) is 22.6. The molecule has 4 rings (SSSR count). The van der Waals surface area contributed by atoms with Gasteiger partial charge in [0.25, 0.3) is 0 Å². The number of amides is 1. The molecule has 32 heavy (non-hydrogen) atoms. The third-order valence-electron chi connectivity index (χ3n) is 6.89. The molecule has 172 valence electrons. The molecule has 1 unspecified atom stereocenters. The number of hydrogen-bond acceptors (Lipinski definition) is 5. The van der Waals surface area contributed by atoms with Gasteiger partial charge in [0.1, 0.15) is 0 Å². The lowest BCUT2D eigenvalue weighted by atomic mass is 9.93. The third-order valence-corrected chi connectivity index (χ3v) is 6.89. The zero-order chi connectivity index (χ0) is 22.5. The summed E-state index contributed by atoms with van der Waals surface area (Å²) in [6.07, 6.45) is 1.92. The molecule has 2 heterocycles. The van der Waals surface area contributed by atoms with Crippen LogP contribution in [0.25, 0.3) is 0 Å². The molecule has 0 radical (unpaired) electrons. The second-order valence-corrected chi connectivity index (χ2v) is 8.69. The molecule has 2 N–H and O–H groups in total. The zero-order valence-corrected chi connectivity index (χ0v) is 19.4. The summed E-state index contributed by atoms with van der Waals surface area (Å²) < 4.78 is 6.08. The summed E-state index contributed by atoms with van der Waals surface area (Å²) in [5, 5.41) is 0. The minimum Gasteiger partial charge on any atom is -0.373 e. The molecule has 2 aliphatic heterocycles. The van der Waals surface area contributed by atoms with Gasteiger partial charge in [0, 0.05) is 62.8 Å². The maximum atomic E-state index is 11.5. The summed E-state index contributed by atoms with van der Waals surface area (Å²) in [4.78, 5) is 18.9. The van der Waals surface area contributed by atoms with Gasteiger partial charge in [-0.2, -0.15) is 0 Å². The van der Waals surface area contributed by atoms with Gasteiger partial charge in [-0.25, -0.2) is 0 Å². The van der Waals surface area contributed by atoms with Crippen LogP contribution in [0.5, 0.6) is 0 Å². The standard InChI is InChI=1S/C26H36N4O2/c1-3-29(4-2)22-6-8-23(9-7-22)30-16-14-28(15-17-30)13-11-25-24-10-5-21(26(27)31)19-20(24)12-18-32-25/h5-10,19,25H,3-4,11-18H2,1-2H3,(H2,27,31). The Kier molecular flexibility index (Phi) is 7.33. The number of nitrogens with two attached hydrogens (primary N) is 1. The van der Waals surface area contributed by atoms with Gasteiger partial charge < -0.3 is 20.3 Å². The van der Waals surface area contributed by atoms with E-state index in [0.717, 1.165) is 58.7 Å². The Balaban J connectivity index is 1.29. The van der Waals surface area contributed by atoms with E-state index >= 15 is 0 Å². The van der Waals surface area contributed by atoms with Gasteiger partial charge >= 0.3 is 0 Å². The van der Waals surface area contributed by atoms with Gasteiger partial charge in [-0.3, -0.25) is 9.69 Å². The second-order valence-electron chi connectivity index (χ2n) is 8.69. The van der Waals surface area contributed by atoms with Crippen LogP contribution in [0.3, 0.4) is 0 Å². The Morgan fingerprint density at radius 3 is 2.44 bits per heavy atom. The van der Waals surface area contributed by atoms with Crippen molar-refractivity contribution in [3.05, 3.63) is 59.2 Å². The summed E-state index contributed by atoms with van der Waals surface area (Å²) in [7, 11) is 0. The number of hydrogen-bond donors (Lipinski definition) is 1. The van der Waals surface area contributed by atoms with E-state index in [1.165, 1.54) is 22.5 Å². The van der Waals surface area contributed by atoms with Crippen molar-refractivity contribution in [1.29, 1.82) is 0 Å². The fourth-order valence-corrected chi connectivity index (χ4v) is 4.92. The molecule has 0 aromatic heterocycles. The Morgan fingerprint density at radius 1 is 1.06 bits per heavy atom. The fourth-order valence-electron chi connectivity index (χ4n) is 4.92. The summed E-state index contributed by atoms with van der Waals surface area (Å²) in [5.74, 6) is -0.364. The van der Waals surface area contributed by atoms with Crippen molar-refractivity contribution >= 4 is 17.3 Å². The predicted molar refractivity (Wildman–Crippen MR) is 131 cm³/mol. The van der Waals surface area contributed by atoms with Crippen molar-refractivity contribution in [2.24, 2.45) is 5.73 Å². The quantitative estimate of drug-likeness (QED) is 0.687. The number of primary amides is 1. The Hall–Kier alpha value is -2.57. The van der Waals surface area contributed by atoms with Gasteiger partial charge in [0.05, 0.1) is 12.7 Å². The van der Waals surface area contributed by atoms with E-state index in [9.17, 15) is 4.79 Å². The lowest BCUT2D eigenvalue weighted by molar-refractivity contribution is 0.0289. The number of carbonyl (C=O) groups excluding carboxylic acids is 1. The summed E-state index contributed by atoms with van der Waals surface area (Å²) in [6.45, 7) is 12.4. The molecular formula is C26H36N4O2. The molecular weight excluding hydrogens is 400 g/mol. The van der Waals surface area contributed by atoms with E-state index < -0.39 is 0 Å². The van der Waals surface area contributed by atoms with Crippen LogP contribution in [0.4, 0.5) is 11.4 Å². The summed E-state index contributed by atoms with van der Waals surface area (Å²) in [5.41, 5.74) is 11.1. The number of rotatable bonds is 8. The highest BCUT2D eigenvalue weighted by Crippen LogP contribution is 2.31. The third kappa shape index (κ3) is 5.08. The number of anilines is 2. The number of piperazine rings is 1. The number of nitrogens with zero attached hydrogens (tertiary/aromatic N) is 3. The van der Waals surface area contributed by atoms with Crippen molar-refractivity contribution in [3.8, 4) is 0 Å². The van der Waals surface area contributed by atoms with Crippen molar-refractivity contribution in [3.63, 3.8) is 0 Å². The average Bonchev–Trinajstić information content (AvgIpc) is 2.84. The smallest absolute Gasteiger partial charge is 0.248 e. The molecule has 0 saturated carbocycles. The van der Waals surface area contributed by atoms with Crippen LogP contribution < -0.4 is 15.5 Å². The van der Waals surface area contributed by atoms with Gasteiger partial charge in [-0.1, -0.05) is 6.07 Å². The molecule has 1 amide bonds. The predicted octanol–water partition coefficient (Wildman–Crippen LogP) is 3.46. The van der Waals surface area contributed by atoms with Crippen molar-refractivity contribution in [2.45, 2.75) is 32.8 Å². The van der Waals surface area contributed by atoms with Crippen LogP contribution in [0.2, 0.25) is 0 Å². The Bertz CT molecular complexity index is 903. The first-order chi connectivity index (χ1) is 15.6. The Labute approximate surface area is 191 Å². The molecule has 2 aromatic rings. The van der Waals surface area contributed by atoms with Crippen LogP contribution in [0.1, 0.15) is 47.9 Å². The Morgan fingerprint density at radius 2 is 1.78 bits per heavy atom. The minimum atomic E-state index is -0.364. The monoisotopic (exact) mass is 436 g/mol. The van der Waals surface area contributed by atoms with Crippen molar-refractivity contribution in [1.82, 2.24) is 4.90 Å². The SMILES string of the molecule is CCN(CC)c1ccc(N2CCN(CCC3OCCc4cc(C(N)=O)ccc43)CC2)cc1. The lowest BCUT2D eigenvalue weighted by Crippen LogP contribution is -2.47. The molecule has 2 aliphatic rings. The van der Waals surface area contributed by atoms with E-state index in [4.69, 9.17) is 10.5 Å².